The number of allylic oxidation sites excluding steroid dienone is 6. The number of hydrogen-bond acceptors (Lipinski definition) is 13. The van der Waals surface area contributed by atoms with Gasteiger partial charge in [0.15, 0.2) is 0 Å². The van der Waals surface area contributed by atoms with E-state index >= 15 is 0 Å². The highest BCUT2D eigenvalue weighted by molar-refractivity contribution is 9.11. The molecule has 0 aliphatic carbocycles. The number of carboxylic acids is 1. The van der Waals surface area contributed by atoms with Crippen molar-refractivity contribution in [3.63, 3.8) is 0 Å². The van der Waals surface area contributed by atoms with Crippen LogP contribution in [0, 0.1) is 0 Å². The van der Waals surface area contributed by atoms with Crippen LogP contribution in [0.1, 0.15) is 100 Å². The number of aliphatic hydroxyl groups excluding tert-OH is 1. The van der Waals surface area contributed by atoms with Crippen LogP contribution in [0.25, 0.3) is 11.1 Å². The Morgan fingerprint density at radius 3 is 1.26 bits per heavy atom. The topological polar surface area (TPSA) is 216 Å². The lowest BCUT2D eigenvalue weighted by molar-refractivity contribution is -0.126. The van der Waals surface area contributed by atoms with Crippen molar-refractivity contribution < 1.29 is 68.2 Å². The summed E-state index contributed by atoms with van der Waals surface area (Å²) < 4.78 is 25.8. The summed E-state index contributed by atoms with van der Waals surface area (Å²) >= 11 is 6.47. The van der Waals surface area contributed by atoms with Gasteiger partial charge in [-0.25, -0.2) is 14.4 Å². The Kier molecular flexibility index (Phi) is 41.2. The van der Waals surface area contributed by atoms with Crippen molar-refractivity contribution in [1.29, 1.82) is 0 Å². The van der Waals surface area contributed by atoms with Gasteiger partial charge in [0.2, 0.25) is 0 Å². The molecule has 0 aliphatic heterocycles. The summed E-state index contributed by atoms with van der Waals surface area (Å²) in [5, 5.41) is 40.7. The van der Waals surface area contributed by atoms with Gasteiger partial charge in [-0.15, -0.1) is 0 Å². The third-order valence-corrected chi connectivity index (χ3v) is 11.7. The quantitative estimate of drug-likeness (QED) is 0.0239. The molecular formula is C64H72BBr2O14. The molecule has 7 rings (SSSR count). The Hall–Kier alpha value is -8.06. The zero-order chi connectivity index (χ0) is 60.8. The molecule has 0 bridgehead atoms. The van der Waals surface area contributed by atoms with Gasteiger partial charge in [0, 0.05) is 5.56 Å². The Bertz CT molecular complexity index is 2930. The lowest BCUT2D eigenvalue weighted by Crippen LogP contribution is -2.02. The molecule has 0 unspecified atom stereocenters. The molecular weight excluding hydrogens is 1160 g/mol. The summed E-state index contributed by atoms with van der Waals surface area (Å²) in [6.45, 7) is 13.5. The van der Waals surface area contributed by atoms with Crippen molar-refractivity contribution in [2.45, 2.75) is 61.4 Å². The van der Waals surface area contributed by atoms with Crippen LogP contribution < -0.4 is 9.47 Å². The van der Waals surface area contributed by atoms with Crippen LogP contribution in [-0.2, 0) is 38.8 Å². The standard InChI is InChI=1S/C18H18O3.C15H13BrO3.C10H12.C8H7BrO3.C7H8O.C4H8.C2H4O2.BH2O2/c1-3-13(2)16-11-15(18(19)20)9-10-17(16)21-12-14-7-5-4-6-8-14;1-18-15(17)12-7-8-14(13(16)9-12)19-10-11-5-3-2-4-6-11;1-3-9(2)10-7-5-4-6-8-10;1-12-8(11)5-2-3-7(10)6(9)4-5;8-6-7-4-2-1-3-5-7;1-3-4-2;1-4-2-3;2-1-3/h3-11H,12H2,1-2H3,(H,19,20);2-9H,10H2,1H3;3-8H,1-2H3;2-4,10H,1H3;1-5,8H,6H2;3-4H,1-2H3;2H,1H3;2-3H/b13-3-;;9-3-;;;4-3+;;. The van der Waals surface area contributed by atoms with Crippen molar-refractivity contribution in [2.24, 2.45) is 0 Å². The van der Waals surface area contributed by atoms with Crippen LogP contribution in [0.5, 0.6) is 17.2 Å². The minimum Gasteiger partial charge on any atom is -0.507 e. The lowest BCUT2D eigenvalue weighted by atomic mass is 10.0. The Labute approximate surface area is 494 Å². The average molecular weight is 1240 g/mol. The molecule has 7 aromatic carbocycles. The maximum absolute atomic E-state index is 11.4. The van der Waals surface area contributed by atoms with E-state index in [0.717, 1.165) is 32.3 Å². The number of methoxy groups -OCH3 is 3. The number of carbonyl (C=O) groups is 4. The van der Waals surface area contributed by atoms with E-state index in [2.05, 4.69) is 90.3 Å². The predicted octanol–water partition coefficient (Wildman–Crippen LogP) is 14.3. The highest BCUT2D eigenvalue weighted by Gasteiger charge is 2.12. The maximum atomic E-state index is 11.4. The second-order valence-corrected chi connectivity index (χ2v) is 17.6. The fourth-order valence-corrected chi connectivity index (χ4v) is 6.66. The van der Waals surface area contributed by atoms with Gasteiger partial charge in [0.05, 0.1) is 53.6 Å². The molecule has 0 heterocycles. The molecule has 0 amide bonds. The van der Waals surface area contributed by atoms with Crippen LogP contribution in [-0.4, -0.2) is 78.8 Å². The molecule has 0 aliphatic rings. The van der Waals surface area contributed by atoms with Gasteiger partial charge in [0.25, 0.3) is 6.47 Å². The molecule has 1 radical (unpaired) electrons. The third kappa shape index (κ3) is 32.0. The van der Waals surface area contributed by atoms with Crippen molar-refractivity contribution in [1.82, 2.24) is 0 Å². The van der Waals surface area contributed by atoms with E-state index in [1.54, 1.807) is 36.4 Å². The first-order valence-corrected chi connectivity index (χ1v) is 26.3. The van der Waals surface area contributed by atoms with E-state index < -0.39 is 11.9 Å². The number of halogens is 2. The molecule has 0 spiro atoms. The van der Waals surface area contributed by atoms with Crippen molar-refractivity contribution in [3.8, 4) is 17.2 Å². The van der Waals surface area contributed by atoms with Crippen molar-refractivity contribution >= 4 is 75.1 Å². The van der Waals surface area contributed by atoms with Gasteiger partial charge in [-0.05, 0) is 161 Å². The Balaban J connectivity index is 0.000000974. The second kappa shape index (κ2) is 45.8. The van der Waals surface area contributed by atoms with E-state index in [4.69, 9.17) is 39.6 Å². The number of phenolic OH excluding ortho intramolecular Hbond substituents is 1. The van der Waals surface area contributed by atoms with E-state index in [1.165, 1.54) is 50.7 Å². The minimum absolute atomic E-state index is 0. The van der Waals surface area contributed by atoms with E-state index in [-0.39, 0.29) is 31.6 Å². The number of carbonyl (C=O) groups excluding carboxylic acids is 3. The summed E-state index contributed by atoms with van der Waals surface area (Å²) in [5.74, 6) is -0.237. The first kappa shape index (κ1) is 72.9. The number of rotatable bonds is 13. The Morgan fingerprint density at radius 2 is 0.901 bits per heavy atom. The number of benzene rings is 7. The molecule has 0 saturated carbocycles. The molecule has 14 nitrogen and oxygen atoms in total. The molecule has 17 heteroatoms. The summed E-state index contributed by atoms with van der Waals surface area (Å²) in [6, 6.07) is 54.1. The van der Waals surface area contributed by atoms with Gasteiger partial charge in [-0.2, -0.15) is 0 Å². The van der Waals surface area contributed by atoms with Crippen LogP contribution in [0.4, 0.5) is 0 Å². The molecule has 7 aromatic rings. The number of hydrogen-bond donors (Lipinski definition) is 5. The highest BCUT2D eigenvalue weighted by Crippen LogP contribution is 2.29. The summed E-state index contributed by atoms with van der Waals surface area (Å²) in [7, 11) is 3.98. The molecule has 0 fully saturated rings. The molecule has 5 N–H and O–H groups in total. The number of ether oxygens (including phenoxy) is 5. The largest absolute Gasteiger partial charge is 0.507 e. The van der Waals surface area contributed by atoms with Crippen LogP contribution in [0.15, 0.2) is 209 Å². The molecule has 0 aromatic heterocycles. The van der Waals surface area contributed by atoms with Gasteiger partial charge in [-0.1, -0.05) is 146 Å². The normalized spacial score (nSPS) is 9.90. The van der Waals surface area contributed by atoms with E-state index in [9.17, 15) is 14.4 Å². The summed E-state index contributed by atoms with van der Waals surface area (Å²) in [5.41, 5.74) is 8.73. The summed E-state index contributed by atoms with van der Waals surface area (Å²) in [6.07, 6.45) is 8.06. The van der Waals surface area contributed by atoms with Crippen LogP contribution >= 0.6 is 31.9 Å². The predicted molar refractivity (Wildman–Crippen MR) is 329 cm³/mol. The number of phenols is 1. The molecule has 81 heavy (non-hydrogen) atoms. The molecule has 0 saturated heterocycles. The zero-order valence-corrected chi connectivity index (χ0v) is 50.2. The number of carboxylic acid groups (broad SMARTS) is 1. The first-order chi connectivity index (χ1) is 39.0. The molecule has 429 valence electrons. The smallest absolute Gasteiger partial charge is 0.482 e. The number of aromatic hydroxyl groups is 1. The summed E-state index contributed by atoms with van der Waals surface area (Å²) in [4.78, 5) is 42.4. The van der Waals surface area contributed by atoms with Crippen LogP contribution in [0.3, 0.4) is 0 Å². The van der Waals surface area contributed by atoms with Crippen molar-refractivity contribution in [2.75, 3.05) is 21.3 Å². The van der Waals surface area contributed by atoms with Gasteiger partial charge >= 0.3 is 25.6 Å². The fraction of sp³-hybridized carbons (Fsp3) is 0.188. The minimum atomic E-state index is -0.935. The molecule has 0 atom stereocenters. The number of esters is 2. The average Bonchev–Trinajstić information content (AvgIpc) is 3.53. The maximum Gasteiger partial charge on any atom is 0.482 e. The van der Waals surface area contributed by atoms with Gasteiger partial charge in [0.1, 0.15) is 30.5 Å². The van der Waals surface area contributed by atoms with E-state index in [1.807, 2.05) is 143 Å². The second-order valence-electron chi connectivity index (χ2n) is 15.9. The third-order valence-electron chi connectivity index (χ3n) is 10.4. The van der Waals surface area contributed by atoms with Gasteiger partial charge < -0.3 is 49.1 Å². The number of aliphatic hydroxyl groups is 1. The first-order valence-electron chi connectivity index (χ1n) is 24.7. The highest BCUT2D eigenvalue weighted by atomic mass is 79.9. The monoisotopic (exact) mass is 1230 g/mol. The lowest BCUT2D eigenvalue weighted by Gasteiger charge is -2.13. The Morgan fingerprint density at radius 1 is 0.519 bits per heavy atom. The number of aromatic carboxylic acids is 1. The SMILES string of the molecule is C/C=C(/C)c1cc(C(=O)O)ccc1OCc1ccccc1.C/C=C(/C)c1ccccc1.C/C=C/C.COC(=O)c1ccc(O)c(Br)c1.COC(=O)c1ccc(OCc2ccccc2)c(Br)c1.COC=O.OCc1ccccc1.O[B]O. The van der Waals surface area contributed by atoms with Crippen molar-refractivity contribution in [3.05, 3.63) is 254 Å². The van der Waals surface area contributed by atoms with E-state index in [0.29, 0.717) is 46.8 Å². The fourth-order valence-electron chi connectivity index (χ4n) is 5.79. The van der Waals surface area contributed by atoms with Gasteiger partial charge in [-0.3, -0.25) is 4.79 Å². The van der Waals surface area contributed by atoms with Crippen LogP contribution in [0.2, 0.25) is 0 Å². The zero-order valence-electron chi connectivity index (χ0n) is 47.0.